The lowest BCUT2D eigenvalue weighted by atomic mass is 9.92. The molecule has 3 rings (SSSR count). The Bertz CT molecular complexity index is 1060. The number of carbonyl (C=O) groups excluding carboxylic acids is 2. The van der Waals surface area contributed by atoms with Crippen molar-refractivity contribution in [2.24, 2.45) is 0 Å². The van der Waals surface area contributed by atoms with E-state index in [9.17, 15) is 9.59 Å². The van der Waals surface area contributed by atoms with E-state index in [1.165, 1.54) is 11.2 Å². The zero-order valence-corrected chi connectivity index (χ0v) is 19.2. The number of hydrogen-bond donors (Lipinski definition) is 1. The van der Waals surface area contributed by atoms with Crippen molar-refractivity contribution in [3.63, 3.8) is 0 Å². The monoisotopic (exact) mass is 438 g/mol. The number of nitrogens with one attached hydrogen (secondary N) is 1. The van der Waals surface area contributed by atoms with E-state index in [2.05, 4.69) is 26.1 Å². The standard InChI is InChI=1S/C24H30N4O4/c1-17-8-6-9-18(14-17)28-21(15-20(26-28)24(2,3)4)25-22(29)16-27(11-13-31-5)23(30)19-10-7-12-32-19/h6-10,12,14-15H,11,13,16H2,1-5H3,(H,25,29). The molecule has 0 radical (unpaired) electrons. The number of carbonyl (C=O) groups is 2. The molecule has 0 aliphatic rings. The number of furan rings is 1. The minimum absolute atomic E-state index is 0.146. The van der Waals surface area contributed by atoms with Crippen molar-refractivity contribution in [2.45, 2.75) is 33.1 Å². The maximum Gasteiger partial charge on any atom is 0.290 e. The fourth-order valence-corrected chi connectivity index (χ4v) is 3.16. The van der Waals surface area contributed by atoms with Gasteiger partial charge in [0, 0.05) is 25.1 Å². The SMILES string of the molecule is COCCN(CC(=O)Nc1cc(C(C)(C)C)nn1-c1cccc(C)c1)C(=O)c1ccco1. The van der Waals surface area contributed by atoms with Crippen molar-refractivity contribution in [3.05, 3.63) is 65.7 Å². The Morgan fingerprint density at radius 1 is 1.19 bits per heavy atom. The molecule has 0 saturated carbocycles. The highest BCUT2D eigenvalue weighted by molar-refractivity contribution is 5.97. The summed E-state index contributed by atoms with van der Waals surface area (Å²) in [4.78, 5) is 27.1. The molecule has 32 heavy (non-hydrogen) atoms. The highest BCUT2D eigenvalue weighted by Crippen LogP contribution is 2.26. The topological polar surface area (TPSA) is 89.6 Å². The molecule has 2 amide bonds. The largest absolute Gasteiger partial charge is 0.459 e. The molecule has 1 N–H and O–H groups in total. The summed E-state index contributed by atoms with van der Waals surface area (Å²) in [7, 11) is 1.55. The van der Waals surface area contributed by atoms with E-state index in [1.54, 1.807) is 23.9 Å². The van der Waals surface area contributed by atoms with Gasteiger partial charge in [0.15, 0.2) is 5.76 Å². The van der Waals surface area contributed by atoms with Crippen LogP contribution in [0.2, 0.25) is 0 Å². The normalized spacial score (nSPS) is 11.4. The second-order valence-corrected chi connectivity index (χ2v) is 8.66. The van der Waals surface area contributed by atoms with Gasteiger partial charge in [0.2, 0.25) is 5.91 Å². The highest BCUT2D eigenvalue weighted by Gasteiger charge is 2.24. The maximum atomic E-state index is 13.0. The van der Waals surface area contributed by atoms with E-state index in [0.29, 0.717) is 12.4 Å². The Morgan fingerprint density at radius 2 is 1.97 bits per heavy atom. The molecule has 1 aromatic carbocycles. The lowest BCUT2D eigenvalue weighted by Crippen LogP contribution is -2.40. The minimum Gasteiger partial charge on any atom is -0.459 e. The maximum absolute atomic E-state index is 13.0. The number of amides is 2. The minimum atomic E-state index is -0.371. The van der Waals surface area contributed by atoms with E-state index in [-0.39, 0.29) is 36.1 Å². The summed E-state index contributed by atoms with van der Waals surface area (Å²) in [5.41, 5.74) is 2.58. The third-order valence-electron chi connectivity index (χ3n) is 4.91. The summed E-state index contributed by atoms with van der Waals surface area (Å²) in [6, 6.07) is 13.0. The van der Waals surface area contributed by atoms with Crippen LogP contribution in [0.25, 0.3) is 5.69 Å². The van der Waals surface area contributed by atoms with Crippen LogP contribution in [-0.2, 0) is 14.9 Å². The van der Waals surface area contributed by atoms with E-state index in [1.807, 2.05) is 37.3 Å². The van der Waals surface area contributed by atoms with Gasteiger partial charge in [-0.3, -0.25) is 9.59 Å². The summed E-state index contributed by atoms with van der Waals surface area (Å²) >= 11 is 0. The van der Waals surface area contributed by atoms with Gasteiger partial charge >= 0.3 is 0 Å². The van der Waals surface area contributed by atoms with Crippen LogP contribution in [0.4, 0.5) is 5.82 Å². The van der Waals surface area contributed by atoms with Crippen LogP contribution in [0, 0.1) is 6.92 Å². The Morgan fingerprint density at radius 3 is 2.59 bits per heavy atom. The summed E-state index contributed by atoms with van der Waals surface area (Å²) in [5, 5.41) is 7.66. The molecule has 0 aliphatic heterocycles. The number of rotatable bonds is 8. The predicted molar refractivity (Wildman–Crippen MR) is 122 cm³/mol. The van der Waals surface area contributed by atoms with Crippen molar-refractivity contribution in [1.29, 1.82) is 0 Å². The predicted octanol–water partition coefficient (Wildman–Crippen LogP) is 3.80. The van der Waals surface area contributed by atoms with E-state index < -0.39 is 0 Å². The summed E-state index contributed by atoms with van der Waals surface area (Å²) in [6.07, 6.45) is 1.43. The van der Waals surface area contributed by atoms with Gasteiger partial charge in [-0.2, -0.15) is 5.10 Å². The van der Waals surface area contributed by atoms with Crippen LogP contribution in [0.15, 0.2) is 53.1 Å². The zero-order valence-electron chi connectivity index (χ0n) is 19.2. The zero-order chi connectivity index (χ0) is 23.3. The highest BCUT2D eigenvalue weighted by atomic mass is 16.5. The second kappa shape index (κ2) is 9.82. The quantitative estimate of drug-likeness (QED) is 0.578. The van der Waals surface area contributed by atoms with Gasteiger partial charge in [0.25, 0.3) is 5.91 Å². The number of nitrogens with zero attached hydrogens (tertiary/aromatic N) is 3. The first-order chi connectivity index (χ1) is 15.2. The van der Waals surface area contributed by atoms with Gasteiger partial charge in [0.05, 0.1) is 24.3 Å². The smallest absolute Gasteiger partial charge is 0.290 e. The van der Waals surface area contributed by atoms with E-state index in [4.69, 9.17) is 14.3 Å². The van der Waals surface area contributed by atoms with Crippen LogP contribution < -0.4 is 5.32 Å². The van der Waals surface area contributed by atoms with Gasteiger partial charge in [0.1, 0.15) is 12.4 Å². The second-order valence-electron chi connectivity index (χ2n) is 8.66. The van der Waals surface area contributed by atoms with Crippen molar-refractivity contribution in [2.75, 3.05) is 32.1 Å². The Labute approximate surface area is 188 Å². The van der Waals surface area contributed by atoms with Crippen molar-refractivity contribution < 1.29 is 18.7 Å². The van der Waals surface area contributed by atoms with Crippen LogP contribution >= 0.6 is 0 Å². The number of methoxy groups -OCH3 is 1. The Balaban J connectivity index is 1.85. The summed E-state index contributed by atoms with van der Waals surface area (Å²) in [5.74, 6) is 0.0106. The number of ether oxygens (including phenoxy) is 1. The van der Waals surface area contributed by atoms with Crippen LogP contribution in [0.5, 0.6) is 0 Å². The molecule has 170 valence electrons. The first-order valence-corrected chi connectivity index (χ1v) is 10.5. The first kappa shape index (κ1) is 23.3. The van der Waals surface area contributed by atoms with Crippen LogP contribution in [0.3, 0.4) is 0 Å². The van der Waals surface area contributed by atoms with Crippen molar-refractivity contribution in [3.8, 4) is 5.69 Å². The Hall–Kier alpha value is -3.39. The van der Waals surface area contributed by atoms with Gasteiger partial charge < -0.3 is 19.4 Å². The number of hydrogen-bond acceptors (Lipinski definition) is 5. The number of anilines is 1. The molecule has 0 unspecified atom stereocenters. The van der Waals surface area contributed by atoms with Crippen LogP contribution in [0.1, 0.15) is 42.6 Å². The fourth-order valence-electron chi connectivity index (χ4n) is 3.16. The molecule has 2 aromatic heterocycles. The van der Waals surface area contributed by atoms with Crippen molar-refractivity contribution >= 4 is 17.6 Å². The van der Waals surface area contributed by atoms with Gasteiger partial charge in [-0.15, -0.1) is 0 Å². The third-order valence-corrected chi connectivity index (χ3v) is 4.91. The number of aryl methyl sites for hydroxylation is 1. The average Bonchev–Trinajstić information content (AvgIpc) is 3.40. The molecule has 0 spiro atoms. The molecule has 2 heterocycles. The molecule has 0 fully saturated rings. The molecule has 3 aromatic rings. The van der Waals surface area contributed by atoms with Gasteiger partial charge in [-0.25, -0.2) is 4.68 Å². The fraction of sp³-hybridized carbons (Fsp3) is 0.375. The lowest BCUT2D eigenvalue weighted by molar-refractivity contribution is -0.117. The summed E-state index contributed by atoms with van der Waals surface area (Å²) in [6.45, 7) is 8.61. The van der Waals surface area contributed by atoms with E-state index in [0.717, 1.165) is 16.9 Å². The third kappa shape index (κ3) is 5.64. The molecule has 0 saturated heterocycles. The molecule has 0 aliphatic carbocycles. The molecule has 0 bridgehead atoms. The molecule has 0 atom stereocenters. The average molecular weight is 439 g/mol. The molecule has 8 nitrogen and oxygen atoms in total. The lowest BCUT2D eigenvalue weighted by Gasteiger charge is -2.21. The van der Waals surface area contributed by atoms with Gasteiger partial charge in [-0.05, 0) is 36.8 Å². The number of aromatic nitrogens is 2. The molecule has 8 heteroatoms. The molecular weight excluding hydrogens is 408 g/mol. The van der Waals surface area contributed by atoms with Crippen molar-refractivity contribution in [1.82, 2.24) is 14.7 Å². The number of benzene rings is 1. The molecular formula is C24H30N4O4. The van der Waals surface area contributed by atoms with Crippen LogP contribution in [-0.4, -0.2) is 53.3 Å². The first-order valence-electron chi connectivity index (χ1n) is 10.5. The summed E-state index contributed by atoms with van der Waals surface area (Å²) < 4.78 is 12.0. The van der Waals surface area contributed by atoms with E-state index >= 15 is 0 Å². The van der Waals surface area contributed by atoms with Gasteiger partial charge in [-0.1, -0.05) is 32.9 Å². The Kier molecular flexibility index (Phi) is 7.15.